The highest BCUT2D eigenvalue weighted by molar-refractivity contribution is 6.32. The number of ether oxygens (including phenoxy) is 2. The van der Waals surface area contributed by atoms with Crippen LogP contribution < -0.4 is 20.5 Å². The van der Waals surface area contributed by atoms with Gasteiger partial charge in [0.2, 0.25) is 0 Å². The summed E-state index contributed by atoms with van der Waals surface area (Å²) in [6, 6.07) is 9.92. The maximum atomic E-state index is 12.2. The molecule has 2 rings (SSSR count). The van der Waals surface area contributed by atoms with Gasteiger partial charge < -0.3 is 20.5 Å². The highest BCUT2D eigenvalue weighted by atomic mass is 35.5. The predicted molar refractivity (Wildman–Crippen MR) is 88.0 cm³/mol. The van der Waals surface area contributed by atoms with E-state index in [0.717, 1.165) is 0 Å². The van der Waals surface area contributed by atoms with Gasteiger partial charge in [-0.1, -0.05) is 11.6 Å². The minimum atomic E-state index is -0.283. The largest absolute Gasteiger partial charge is 0.495 e. The first kappa shape index (κ1) is 16.0. The van der Waals surface area contributed by atoms with Crippen LogP contribution in [0.2, 0.25) is 5.02 Å². The van der Waals surface area contributed by atoms with Gasteiger partial charge in [0.1, 0.15) is 11.5 Å². The van der Waals surface area contributed by atoms with Crippen molar-refractivity contribution in [3.8, 4) is 11.5 Å². The van der Waals surface area contributed by atoms with E-state index in [1.807, 2.05) is 6.92 Å². The summed E-state index contributed by atoms with van der Waals surface area (Å²) in [5.74, 6) is 0.825. The summed E-state index contributed by atoms with van der Waals surface area (Å²) < 4.78 is 10.4. The molecule has 22 heavy (non-hydrogen) atoms. The molecule has 0 bridgehead atoms. The molecule has 0 saturated carbocycles. The smallest absolute Gasteiger partial charge is 0.255 e. The molecule has 0 aliphatic carbocycles. The van der Waals surface area contributed by atoms with E-state index >= 15 is 0 Å². The Labute approximate surface area is 134 Å². The van der Waals surface area contributed by atoms with Crippen LogP contribution in [-0.2, 0) is 0 Å². The van der Waals surface area contributed by atoms with Crippen LogP contribution in [-0.4, -0.2) is 19.6 Å². The number of anilines is 2. The summed E-state index contributed by atoms with van der Waals surface area (Å²) in [5.41, 5.74) is 7.27. The Balaban J connectivity index is 2.15. The molecule has 2 aromatic carbocycles. The first-order valence-electron chi connectivity index (χ1n) is 6.72. The molecule has 0 aliphatic rings. The Kier molecular flexibility index (Phi) is 5.12. The Hall–Kier alpha value is -2.40. The molecular formula is C16H17ClN2O3. The van der Waals surface area contributed by atoms with Crippen molar-refractivity contribution in [2.24, 2.45) is 0 Å². The van der Waals surface area contributed by atoms with Gasteiger partial charge in [-0.25, -0.2) is 0 Å². The highest BCUT2D eigenvalue weighted by Crippen LogP contribution is 2.27. The fourth-order valence-corrected chi connectivity index (χ4v) is 2.17. The molecule has 3 N–H and O–H groups in total. The van der Waals surface area contributed by atoms with Crippen molar-refractivity contribution in [1.82, 2.24) is 0 Å². The van der Waals surface area contributed by atoms with Gasteiger partial charge in [-0.15, -0.1) is 0 Å². The van der Waals surface area contributed by atoms with E-state index in [1.165, 1.54) is 7.11 Å². The monoisotopic (exact) mass is 320 g/mol. The molecule has 0 aliphatic heterocycles. The molecule has 0 saturated heterocycles. The molecule has 5 nitrogen and oxygen atoms in total. The van der Waals surface area contributed by atoms with Gasteiger partial charge in [0.25, 0.3) is 5.91 Å². The molecule has 1 amide bonds. The minimum absolute atomic E-state index is 0.283. The molecule has 6 heteroatoms. The van der Waals surface area contributed by atoms with Crippen LogP contribution in [0.5, 0.6) is 11.5 Å². The Morgan fingerprint density at radius 1 is 1.23 bits per heavy atom. The van der Waals surface area contributed by atoms with E-state index in [9.17, 15) is 4.79 Å². The van der Waals surface area contributed by atoms with Gasteiger partial charge in [-0.05, 0) is 43.3 Å². The van der Waals surface area contributed by atoms with E-state index in [2.05, 4.69) is 5.32 Å². The highest BCUT2D eigenvalue weighted by Gasteiger charge is 2.10. The molecule has 0 aromatic heterocycles. The van der Waals surface area contributed by atoms with Crippen LogP contribution >= 0.6 is 11.6 Å². The van der Waals surface area contributed by atoms with Gasteiger partial charge in [0.15, 0.2) is 0 Å². The fourth-order valence-electron chi connectivity index (χ4n) is 1.93. The molecule has 0 spiro atoms. The van der Waals surface area contributed by atoms with E-state index in [0.29, 0.717) is 40.1 Å². The molecule has 2 aromatic rings. The number of nitrogens with two attached hydrogens (primary N) is 1. The summed E-state index contributed by atoms with van der Waals surface area (Å²) in [6.45, 7) is 2.38. The summed E-state index contributed by atoms with van der Waals surface area (Å²) >= 11 is 6.08. The van der Waals surface area contributed by atoms with Crippen LogP contribution in [0.4, 0.5) is 11.4 Å². The summed E-state index contributed by atoms with van der Waals surface area (Å²) in [7, 11) is 1.53. The zero-order valence-electron chi connectivity index (χ0n) is 12.4. The summed E-state index contributed by atoms with van der Waals surface area (Å²) in [5, 5.41) is 3.15. The van der Waals surface area contributed by atoms with Crippen molar-refractivity contribution in [2.45, 2.75) is 6.92 Å². The van der Waals surface area contributed by atoms with Crippen molar-refractivity contribution < 1.29 is 14.3 Å². The van der Waals surface area contributed by atoms with Gasteiger partial charge in [-0.2, -0.15) is 0 Å². The molecular weight excluding hydrogens is 304 g/mol. The normalized spacial score (nSPS) is 10.1. The summed E-state index contributed by atoms with van der Waals surface area (Å²) in [6.07, 6.45) is 0. The van der Waals surface area contributed by atoms with E-state index < -0.39 is 0 Å². The van der Waals surface area contributed by atoms with E-state index in [4.69, 9.17) is 26.8 Å². The number of hydrogen-bond donors (Lipinski definition) is 2. The molecule has 0 radical (unpaired) electrons. The second-order valence-corrected chi connectivity index (χ2v) is 4.90. The third-order valence-electron chi connectivity index (χ3n) is 2.98. The number of halogens is 1. The maximum absolute atomic E-state index is 12.2. The lowest BCUT2D eigenvalue weighted by Gasteiger charge is -2.10. The van der Waals surface area contributed by atoms with Crippen LogP contribution in [0.25, 0.3) is 0 Å². The SMILES string of the molecule is CCOc1ccc(C(=O)Nc2ccc(OC)c(N)c2)cc1Cl. The number of benzene rings is 2. The molecule has 0 heterocycles. The number of nitrogen functional groups attached to an aromatic ring is 1. The first-order chi connectivity index (χ1) is 10.5. The topological polar surface area (TPSA) is 73.6 Å². The number of nitrogens with one attached hydrogen (secondary N) is 1. The second kappa shape index (κ2) is 7.04. The Morgan fingerprint density at radius 2 is 1.95 bits per heavy atom. The predicted octanol–water partition coefficient (Wildman–Crippen LogP) is 3.58. The standard InChI is InChI=1S/C16H17ClN2O3/c1-3-22-14-6-4-10(8-12(14)17)16(20)19-11-5-7-15(21-2)13(18)9-11/h4-9H,3,18H2,1-2H3,(H,19,20). The van der Waals surface area contributed by atoms with E-state index in [-0.39, 0.29) is 5.91 Å². The number of carbonyl (C=O) groups is 1. The lowest BCUT2D eigenvalue weighted by molar-refractivity contribution is 0.102. The van der Waals surface area contributed by atoms with Crippen molar-refractivity contribution in [3.63, 3.8) is 0 Å². The summed E-state index contributed by atoms with van der Waals surface area (Å²) in [4.78, 5) is 12.2. The zero-order valence-corrected chi connectivity index (χ0v) is 13.1. The third-order valence-corrected chi connectivity index (χ3v) is 3.28. The van der Waals surface area contributed by atoms with Crippen molar-refractivity contribution in [1.29, 1.82) is 0 Å². The molecule has 0 unspecified atom stereocenters. The number of hydrogen-bond acceptors (Lipinski definition) is 4. The fraction of sp³-hybridized carbons (Fsp3) is 0.188. The number of rotatable bonds is 5. The second-order valence-electron chi connectivity index (χ2n) is 4.49. The first-order valence-corrected chi connectivity index (χ1v) is 7.10. The maximum Gasteiger partial charge on any atom is 0.255 e. The number of methoxy groups -OCH3 is 1. The van der Waals surface area contributed by atoms with Crippen molar-refractivity contribution in [2.75, 3.05) is 24.8 Å². The zero-order chi connectivity index (χ0) is 16.1. The number of amides is 1. The van der Waals surface area contributed by atoms with Gasteiger partial charge in [0, 0.05) is 11.3 Å². The molecule has 0 atom stereocenters. The quantitative estimate of drug-likeness (QED) is 0.826. The van der Waals surface area contributed by atoms with Crippen LogP contribution in [0, 0.1) is 0 Å². The van der Waals surface area contributed by atoms with Crippen LogP contribution in [0.15, 0.2) is 36.4 Å². The van der Waals surface area contributed by atoms with Crippen molar-refractivity contribution in [3.05, 3.63) is 47.0 Å². The number of carbonyl (C=O) groups excluding carboxylic acids is 1. The van der Waals surface area contributed by atoms with Crippen LogP contribution in [0.1, 0.15) is 17.3 Å². The molecule has 116 valence electrons. The van der Waals surface area contributed by atoms with Crippen molar-refractivity contribution >= 4 is 28.9 Å². The Morgan fingerprint density at radius 3 is 2.55 bits per heavy atom. The minimum Gasteiger partial charge on any atom is -0.495 e. The Bertz CT molecular complexity index is 689. The lowest BCUT2D eigenvalue weighted by atomic mass is 10.2. The van der Waals surface area contributed by atoms with Gasteiger partial charge >= 0.3 is 0 Å². The molecule has 0 fully saturated rings. The average Bonchev–Trinajstić information content (AvgIpc) is 2.49. The van der Waals surface area contributed by atoms with Gasteiger partial charge in [-0.3, -0.25) is 4.79 Å². The third kappa shape index (κ3) is 3.62. The van der Waals surface area contributed by atoms with E-state index in [1.54, 1.807) is 36.4 Å². The lowest BCUT2D eigenvalue weighted by Crippen LogP contribution is -2.12. The average molecular weight is 321 g/mol. The van der Waals surface area contributed by atoms with Gasteiger partial charge in [0.05, 0.1) is 24.4 Å². The van der Waals surface area contributed by atoms with Crippen LogP contribution in [0.3, 0.4) is 0 Å².